The third-order valence-electron chi connectivity index (χ3n) is 2.99. The van der Waals surface area contributed by atoms with Crippen molar-refractivity contribution in [1.82, 2.24) is 9.88 Å². The van der Waals surface area contributed by atoms with Gasteiger partial charge in [-0.3, -0.25) is 9.59 Å². The summed E-state index contributed by atoms with van der Waals surface area (Å²) < 4.78 is 0. The van der Waals surface area contributed by atoms with Gasteiger partial charge < -0.3 is 15.0 Å². The van der Waals surface area contributed by atoms with Crippen molar-refractivity contribution in [2.75, 3.05) is 7.05 Å². The Hall–Kier alpha value is -2.56. The number of carbonyl (C=O) groups excluding carboxylic acids is 1. The molecule has 0 atom stereocenters. The molecule has 2 rings (SSSR count). The fourth-order valence-corrected chi connectivity index (χ4v) is 1.89. The highest BCUT2D eigenvalue weighted by atomic mass is 16.3. The Bertz CT molecular complexity index is 674. The summed E-state index contributed by atoms with van der Waals surface area (Å²) in [5.74, 6) is -0.156. The van der Waals surface area contributed by atoms with Crippen LogP contribution in [0.2, 0.25) is 0 Å². The number of carbonyl (C=O) groups is 1. The first-order valence-corrected chi connectivity index (χ1v) is 6.20. The van der Waals surface area contributed by atoms with E-state index in [4.69, 9.17) is 0 Å². The first-order valence-electron chi connectivity index (χ1n) is 6.20. The Balaban J connectivity index is 2.16. The molecule has 1 amide bonds. The number of amides is 1. The summed E-state index contributed by atoms with van der Waals surface area (Å²) in [6.07, 6.45) is 1.44. The number of hydrogen-bond donors (Lipinski definition) is 2. The summed E-state index contributed by atoms with van der Waals surface area (Å²) in [5, 5.41) is 9.21. The van der Waals surface area contributed by atoms with E-state index >= 15 is 0 Å². The molecule has 104 valence electrons. The molecule has 0 bridgehead atoms. The van der Waals surface area contributed by atoms with Crippen molar-refractivity contribution in [2.45, 2.75) is 13.5 Å². The van der Waals surface area contributed by atoms with Gasteiger partial charge in [0.1, 0.15) is 11.3 Å². The molecule has 1 aromatic heterocycles. The predicted octanol–water partition coefficient (Wildman–Crippen LogP) is 1.66. The summed E-state index contributed by atoms with van der Waals surface area (Å²) in [6, 6.07) is 8.00. The van der Waals surface area contributed by atoms with E-state index in [1.54, 1.807) is 38.2 Å². The first kappa shape index (κ1) is 13.9. The van der Waals surface area contributed by atoms with E-state index in [0.29, 0.717) is 12.2 Å². The number of phenols is 1. The maximum atomic E-state index is 12.2. The lowest BCUT2D eigenvalue weighted by molar-refractivity contribution is 0.0783. The van der Waals surface area contributed by atoms with Crippen LogP contribution in [0.25, 0.3) is 0 Å². The van der Waals surface area contributed by atoms with Crippen LogP contribution < -0.4 is 5.43 Å². The van der Waals surface area contributed by atoms with E-state index < -0.39 is 0 Å². The number of benzene rings is 1. The van der Waals surface area contributed by atoms with Crippen LogP contribution in [0.5, 0.6) is 5.75 Å². The van der Waals surface area contributed by atoms with Crippen LogP contribution in [-0.2, 0) is 6.54 Å². The molecule has 5 heteroatoms. The summed E-state index contributed by atoms with van der Waals surface area (Å²) in [6.45, 7) is 2.13. The van der Waals surface area contributed by atoms with Gasteiger partial charge in [0.15, 0.2) is 5.43 Å². The van der Waals surface area contributed by atoms with Crippen molar-refractivity contribution in [3.63, 3.8) is 0 Å². The van der Waals surface area contributed by atoms with E-state index in [9.17, 15) is 14.7 Å². The molecule has 1 aromatic carbocycles. The van der Waals surface area contributed by atoms with Crippen LogP contribution in [0.1, 0.15) is 21.6 Å². The topological polar surface area (TPSA) is 73.4 Å². The zero-order valence-corrected chi connectivity index (χ0v) is 11.4. The number of rotatable bonds is 3. The van der Waals surface area contributed by atoms with E-state index in [1.807, 2.05) is 0 Å². The number of aromatic nitrogens is 1. The molecular formula is C15H16N2O3. The monoisotopic (exact) mass is 272 g/mol. The second-order valence-electron chi connectivity index (χ2n) is 4.72. The number of pyridine rings is 1. The third-order valence-corrected chi connectivity index (χ3v) is 2.99. The summed E-state index contributed by atoms with van der Waals surface area (Å²) in [7, 11) is 1.63. The quantitative estimate of drug-likeness (QED) is 0.892. The highest BCUT2D eigenvalue weighted by Crippen LogP contribution is 2.12. The number of nitrogens with one attached hydrogen (secondary N) is 1. The highest BCUT2D eigenvalue weighted by molar-refractivity contribution is 5.93. The van der Waals surface area contributed by atoms with Gasteiger partial charge in [-0.15, -0.1) is 0 Å². The lowest BCUT2D eigenvalue weighted by atomic mass is 10.2. The van der Waals surface area contributed by atoms with Crippen molar-refractivity contribution in [3.8, 4) is 5.75 Å². The molecule has 2 N–H and O–H groups in total. The predicted molar refractivity (Wildman–Crippen MR) is 75.7 cm³/mol. The largest absolute Gasteiger partial charge is 0.508 e. The van der Waals surface area contributed by atoms with Gasteiger partial charge in [0.25, 0.3) is 5.91 Å². The van der Waals surface area contributed by atoms with E-state index in [1.165, 1.54) is 17.2 Å². The van der Waals surface area contributed by atoms with Crippen LogP contribution in [0, 0.1) is 6.92 Å². The smallest absolute Gasteiger partial charge is 0.259 e. The van der Waals surface area contributed by atoms with Crippen molar-refractivity contribution in [1.29, 1.82) is 0 Å². The fraction of sp³-hybridized carbons (Fsp3) is 0.200. The van der Waals surface area contributed by atoms with Gasteiger partial charge in [0, 0.05) is 31.5 Å². The molecular weight excluding hydrogens is 256 g/mol. The lowest BCUT2D eigenvalue weighted by Crippen LogP contribution is -2.30. The zero-order chi connectivity index (χ0) is 14.7. The van der Waals surface area contributed by atoms with E-state index in [2.05, 4.69) is 4.98 Å². The normalized spacial score (nSPS) is 10.3. The van der Waals surface area contributed by atoms with Crippen molar-refractivity contribution in [2.24, 2.45) is 0 Å². The Kier molecular flexibility index (Phi) is 3.89. The Labute approximate surface area is 116 Å². The SMILES string of the molecule is Cc1cc(=O)c(C(=O)N(C)Cc2ccc(O)cc2)c[nH]1. The van der Waals surface area contributed by atoms with Crippen molar-refractivity contribution >= 4 is 5.91 Å². The summed E-state index contributed by atoms with van der Waals surface area (Å²) >= 11 is 0. The number of nitrogens with zero attached hydrogens (tertiary/aromatic N) is 1. The van der Waals surface area contributed by atoms with Crippen molar-refractivity contribution < 1.29 is 9.90 Å². The molecule has 0 saturated carbocycles. The maximum absolute atomic E-state index is 12.2. The van der Waals surface area contributed by atoms with E-state index in [-0.39, 0.29) is 22.6 Å². The molecule has 2 aromatic rings. The van der Waals surface area contributed by atoms with Crippen LogP contribution >= 0.6 is 0 Å². The lowest BCUT2D eigenvalue weighted by Gasteiger charge is -2.17. The summed E-state index contributed by atoms with van der Waals surface area (Å²) in [4.78, 5) is 28.3. The molecule has 0 aliphatic carbocycles. The number of H-pyrrole nitrogens is 1. The minimum absolute atomic E-state index is 0.122. The molecule has 1 heterocycles. The molecule has 5 nitrogen and oxygen atoms in total. The standard InChI is InChI=1S/C15H16N2O3/c1-10-7-14(19)13(8-16-10)15(20)17(2)9-11-3-5-12(18)6-4-11/h3-8,18H,9H2,1-2H3,(H,16,19). The van der Waals surface area contributed by atoms with Crippen molar-refractivity contribution in [3.05, 3.63) is 63.6 Å². The minimum Gasteiger partial charge on any atom is -0.508 e. The molecule has 0 spiro atoms. The van der Waals surface area contributed by atoms with Gasteiger partial charge in [-0.05, 0) is 24.6 Å². The maximum Gasteiger partial charge on any atom is 0.259 e. The van der Waals surface area contributed by atoms with Gasteiger partial charge >= 0.3 is 0 Å². The Morgan fingerprint density at radius 2 is 1.95 bits per heavy atom. The average Bonchev–Trinajstić information content (AvgIpc) is 2.40. The van der Waals surface area contributed by atoms with Crippen LogP contribution in [-0.4, -0.2) is 27.9 Å². The second-order valence-corrected chi connectivity index (χ2v) is 4.72. The van der Waals surface area contributed by atoms with Crippen LogP contribution in [0.15, 0.2) is 41.3 Å². The molecule has 0 saturated heterocycles. The van der Waals surface area contributed by atoms with Gasteiger partial charge in [0.05, 0.1) is 0 Å². The Morgan fingerprint density at radius 1 is 1.30 bits per heavy atom. The highest BCUT2D eigenvalue weighted by Gasteiger charge is 2.15. The number of aryl methyl sites for hydroxylation is 1. The fourth-order valence-electron chi connectivity index (χ4n) is 1.89. The first-order chi connectivity index (χ1) is 9.47. The summed E-state index contributed by atoms with van der Waals surface area (Å²) in [5.41, 5.74) is 1.43. The van der Waals surface area contributed by atoms with Crippen LogP contribution in [0.3, 0.4) is 0 Å². The Morgan fingerprint density at radius 3 is 2.55 bits per heavy atom. The van der Waals surface area contributed by atoms with Gasteiger partial charge in [0.2, 0.25) is 0 Å². The number of aromatic hydroxyl groups is 1. The number of phenolic OH excluding ortho intramolecular Hbond substituents is 1. The number of aromatic amines is 1. The van der Waals surface area contributed by atoms with Gasteiger partial charge in [-0.1, -0.05) is 12.1 Å². The molecule has 20 heavy (non-hydrogen) atoms. The molecule has 0 radical (unpaired) electrons. The van der Waals surface area contributed by atoms with Gasteiger partial charge in [-0.2, -0.15) is 0 Å². The molecule has 0 aliphatic heterocycles. The van der Waals surface area contributed by atoms with Crippen LogP contribution in [0.4, 0.5) is 0 Å². The third kappa shape index (κ3) is 3.06. The van der Waals surface area contributed by atoms with E-state index in [0.717, 1.165) is 5.56 Å². The average molecular weight is 272 g/mol. The second kappa shape index (κ2) is 5.61. The molecule has 0 fully saturated rings. The minimum atomic E-state index is -0.334. The van der Waals surface area contributed by atoms with Gasteiger partial charge in [-0.25, -0.2) is 0 Å². The molecule has 0 aliphatic rings. The zero-order valence-electron chi connectivity index (χ0n) is 11.4. The molecule has 0 unspecified atom stereocenters. The number of hydrogen-bond acceptors (Lipinski definition) is 3.